The number of furan rings is 1. The van der Waals surface area contributed by atoms with Crippen molar-refractivity contribution >= 4 is 17.7 Å². The molecule has 0 aliphatic rings. The minimum Gasteiger partial charge on any atom is -0.481 e. The second kappa shape index (κ2) is 9.27. The van der Waals surface area contributed by atoms with Crippen LogP contribution >= 0.6 is 11.8 Å². The molecule has 0 radical (unpaired) electrons. The number of aliphatic carboxylic acids is 1. The van der Waals surface area contributed by atoms with E-state index in [1.807, 2.05) is 36.4 Å². The SMILES string of the molecule is O=C(O)CCN(Cc1cccc(Sc2ccccc2)c1)Cc1ccco1. The van der Waals surface area contributed by atoms with E-state index in [-0.39, 0.29) is 6.42 Å². The van der Waals surface area contributed by atoms with Gasteiger partial charge < -0.3 is 9.52 Å². The molecule has 0 saturated heterocycles. The Labute approximate surface area is 157 Å². The standard InChI is InChI=1S/C21H21NO3S/c23-21(24)11-12-22(16-18-7-5-13-25-18)15-17-6-4-10-20(14-17)26-19-8-2-1-3-9-19/h1-10,13-14H,11-12,15-16H2,(H,23,24). The van der Waals surface area contributed by atoms with Gasteiger partial charge in [0.2, 0.25) is 0 Å². The molecule has 0 aliphatic carbocycles. The molecule has 1 aromatic heterocycles. The Balaban J connectivity index is 1.68. The molecular weight excluding hydrogens is 346 g/mol. The van der Waals surface area contributed by atoms with Crippen LogP contribution in [0.2, 0.25) is 0 Å². The molecule has 0 atom stereocenters. The zero-order valence-electron chi connectivity index (χ0n) is 14.4. The Bertz CT molecular complexity index is 818. The van der Waals surface area contributed by atoms with Crippen LogP contribution in [-0.4, -0.2) is 22.5 Å². The van der Waals surface area contributed by atoms with Gasteiger partial charge in [0.1, 0.15) is 5.76 Å². The van der Waals surface area contributed by atoms with Gasteiger partial charge in [0, 0.05) is 22.9 Å². The topological polar surface area (TPSA) is 53.7 Å². The first-order valence-corrected chi connectivity index (χ1v) is 9.29. The van der Waals surface area contributed by atoms with Crippen LogP contribution in [-0.2, 0) is 17.9 Å². The van der Waals surface area contributed by atoms with E-state index in [9.17, 15) is 4.79 Å². The van der Waals surface area contributed by atoms with Crippen LogP contribution in [0.3, 0.4) is 0 Å². The van der Waals surface area contributed by atoms with Crippen LogP contribution < -0.4 is 0 Å². The van der Waals surface area contributed by atoms with Crippen LogP contribution in [0, 0.1) is 0 Å². The summed E-state index contributed by atoms with van der Waals surface area (Å²) in [4.78, 5) is 15.4. The second-order valence-corrected chi connectivity index (χ2v) is 7.14. The highest BCUT2D eigenvalue weighted by Gasteiger charge is 2.11. The summed E-state index contributed by atoms with van der Waals surface area (Å²) >= 11 is 1.72. The lowest BCUT2D eigenvalue weighted by Crippen LogP contribution is -2.25. The van der Waals surface area contributed by atoms with Crippen molar-refractivity contribution in [3.05, 3.63) is 84.3 Å². The van der Waals surface area contributed by atoms with Crippen LogP contribution in [0.5, 0.6) is 0 Å². The van der Waals surface area contributed by atoms with E-state index in [0.29, 0.717) is 19.6 Å². The van der Waals surface area contributed by atoms with Gasteiger partial charge in [-0.2, -0.15) is 0 Å². The number of carboxylic acids is 1. The highest BCUT2D eigenvalue weighted by atomic mass is 32.2. The lowest BCUT2D eigenvalue weighted by atomic mass is 10.2. The Hall–Kier alpha value is -2.50. The third kappa shape index (κ3) is 5.79. The van der Waals surface area contributed by atoms with Gasteiger partial charge >= 0.3 is 5.97 Å². The summed E-state index contributed by atoms with van der Waals surface area (Å²) in [7, 11) is 0. The van der Waals surface area contributed by atoms with Crippen LogP contribution in [0.1, 0.15) is 17.7 Å². The maximum Gasteiger partial charge on any atom is 0.304 e. The fraction of sp³-hybridized carbons (Fsp3) is 0.190. The monoisotopic (exact) mass is 367 g/mol. The van der Waals surface area contributed by atoms with Crippen molar-refractivity contribution in [2.24, 2.45) is 0 Å². The van der Waals surface area contributed by atoms with Gasteiger partial charge in [-0.25, -0.2) is 0 Å². The number of carboxylic acid groups (broad SMARTS) is 1. The Morgan fingerprint density at radius 2 is 1.77 bits per heavy atom. The number of nitrogens with zero attached hydrogens (tertiary/aromatic N) is 1. The summed E-state index contributed by atoms with van der Waals surface area (Å²) in [5, 5.41) is 9.01. The van der Waals surface area contributed by atoms with Crippen molar-refractivity contribution in [3.8, 4) is 0 Å². The number of hydrogen-bond donors (Lipinski definition) is 1. The predicted molar refractivity (Wildman–Crippen MR) is 102 cm³/mol. The summed E-state index contributed by atoms with van der Waals surface area (Å²) in [5.41, 5.74) is 1.16. The molecule has 0 fully saturated rings. The van der Waals surface area contributed by atoms with Crippen molar-refractivity contribution in [2.75, 3.05) is 6.54 Å². The normalized spacial score (nSPS) is 11.0. The van der Waals surface area contributed by atoms with Gasteiger partial charge in [0.25, 0.3) is 0 Å². The van der Waals surface area contributed by atoms with E-state index in [4.69, 9.17) is 9.52 Å². The third-order valence-electron chi connectivity index (χ3n) is 3.88. The summed E-state index contributed by atoms with van der Waals surface area (Å²) < 4.78 is 5.42. The van der Waals surface area contributed by atoms with Gasteiger partial charge in [0.05, 0.1) is 19.2 Å². The van der Waals surface area contributed by atoms with Crippen LogP contribution in [0.15, 0.2) is 87.2 Å². The van der Waals surface area contributed by atoms with E-state index in [1.54, 1.807) is 18.0 Å². The molecule has 1 heterocycles. The Morgan fingerprint density at radius 3 is 2.50 bits per heavy atom. The van der Waals surface area contributed by atoms with Crippen molar-refractivity contribution in [2.45, 2.75) is 29.3 Å². The summed E-state index contributed by atoms with van der Waals surface area (Å²) in [5.74, 6) is 0.0491. The smallest absolute Gasteiger partial charge is 0.304 e. The van der Waals surface area contributed by atoms with E-state index < -0.39 is 5.97 Å². The molecule has 3 aromatic rings. The van der Waals surface area contributed by atoms with Gasteiger partial charge in [-0.15, -0.1) is 0 Å². The molecule has 4 nitrogen and oxygen atoms in total. The molecule has 3 rings (SSSR count). The van der Waals surface area contributed by atoms with E-state index in [2.05, 4.69) is 35.2 Å². The van der Waals surface area contributed by atoms with Crippen molar-refractivity contribution < 1.29 is 14.3 Å². The molecule has 0 spiro atoms. The molecule has 0 saturated carbocycles. The molecule has 134 valence electrons. The fourth-order valence-corrected chi connectivity index (χ4v) is 3.60. The second-order valence-electron chi connectivity index (χ2n) is 6.00. The molecule has 26 heavy (non-hydrogen) atoms. The summed E-state index contributed by atoms with van der Waals surface area (Å²) in [6, 6.07) is 22.4. The average Bonchev–Trinajstić information content (AvgIpc) is 3.14. The van der Waals surface area contributed by atoms with Crippen LogP contribution in [0.4, 0.5) is 0 Å². The number of rotatable bonds is 9. The lowest BCUT2D eigenvalue weighted by molar-refractivity contribution is -0.137. The average molecular weight is 367 g/mol. The van der Waals surface area contributed by atoms with E-state index >= 15 is 0 Å². The third-order valence-corrected chi connectivity index (χ3v) is 4.88. The zero-order valence-corrected chi connectivity index (χ0v) is 15.2. The fourth-order valence-electron chi connectivity index (χ4n) is 2.68. The number of carbonyl (C=O) groups is 1. The van der Waals surface area contributed by atoms with Crippen molar-refractivity contribution in [1.29, 1.82) is 0 Å². The minimum atomic E-state index is -0.789. The molecule has 0 unspecified atom stereocenters. The first-order valence-electron chi connectivity index (χ1n) is 8.47. The highest BCUT2D eigenvalue weighted by Crippen LogP contribution is 2.28. The summed E-state index contributed by atoms with van der Waals surface area (Å²) in [6.45, 7) is 1.75. The Kier molecular flexibility index (Phi) is 6.52. The van der Waals surface area contributed by atoms with Gasteiger partial charge in [-0.1, -0.05) is 42.1 Å². The largest absolute Gasteiger partial charge is 0.481 e. The van der Waals surface area contributed by atoms with Crippen molar-refractivity contribution in [3.63, 3.8) is 0 Å². The number of hydrogen-bond acceptors (Lipinski definition) is 4. The maximum absolute atomic E-state index is 11.0. The van der Waals surface area contributed by atoms with Gasteiger partial charge in [-0.05, 0) is 42.0 Å². The molecule has 0 aliphatic heterocycles. The predicted octanol–water partition coefficient (Wildman–Crippen LogP) is 4.91. The molecule has 2 aromatic carbocycles. The summed E-state index contributed by atoms with van der Waals surface area (Å²) in [6.07, 6.45) is 1.75. The van der Waals surface area contributed by atoms with Crippen LogP contribution in [0.25, 0.3) is 0 Å². The lowest BCUT2D eigenvalue weighted by Gasteiger charge is -2.20. The van der Waals surface area contributed by atoms with E-state index in [0.717, 1.165) is 11.3 Å². The first kappa shape index (κ1) is 18.3. The first-order chi connectivity index (χ1) is 12.7. The molecule has 0 amide bonds. The molecule has 1 N–H and O–H groups in total. The van der Waals surface area contributed by atoms with Gasteiger partial charge in [-0.3, -0.25) is 9.69 Å². The molecule has 0 bridgehead atoms. The molecular formula is C21H21NO3S. The van der Waals surface area contributed by atoms with E-state index in [1.165, 1.54) is 9.79 Å². The van der Waals surface area contributed by atoms with Gasteiger partial charge in [0.15, 0.2) is 0 Å². The zero-order chi connectivity index (χ0) is 18.2. The minimum absolute atomic E-state index is 0.110. The van der Waals surface area contributed by atoms with Crippen molar-refractivity contribution in [1.82, 2.24) is 4.90 Å². The Morgan fingerprint density at radius 1 is 0.962 bits per heavy atom. The quantitative estimate of drug-likeness (QED) is 0.582. The highest BCUT2D eigenvalue weighted by molar-refractivity contribution is 7.99. The maximum atomic E-state index is 11.0. The number of benzene rings is 2. The molecule has 5 heteroatoms.